The van der Waals surface area contributed by atoms with Crippen LogP contribution in [0.25, 0.3) is 0 Å². The van der Waals surface area contributed by atoms with Crippen molar-refractivity contribution < 1.29 is 28.2 Å². The number of carbonyl (C=O) groups is 2. The maximum atomic E-state index is 12.2. The van der Waals surface area contributed by atoms with Crippen LogP contribution in [0.15, 0.2) is 24.3 Å². The van der Waals surface area contributed by atoms with Gasteiger partial charge < -0.3 is 15.2 Å². The Labute approximate surface area is 127 Å². The average molecular weight is 315 g/mol. The lowest BCUT2D eigenvalue weighted by Crippen LogP contribution is -2.42. The first-order valence-corrected chi connectivity index (χ1v) is 6.89. The van der Waals surface area contributed by atoms with E-state index in [-0.39, 0.29) is 13.0 Å². The van der Waals surface area contributed by atoms with Crippen LogP contribution in [0.1, 0.15) is 24.8 Å². The number of benzene rings is 1. The van der Waals surface area contributed by atoms with Gasteiger partial charge in [0.2, 0.25) is 12.3 Å². The van der Waals surface area contributed by atoms with E-state index in [2.05, 4.69) is 5.32 Å². The van der Waals surface area contributed by atoms with Gasteiger partial charge in [-0.2, -0.15) is 0 Å². The van der Waals surface area contributed by atoms with Crippen molar-refractivity contribution in [2.24, 2.45) is 0 Å². The number of alkyl halides is 2. The maximum Gasteiger partial charge on any atom is 0.326 e. The third-order valence-electron chi connectivity index (χ3n) is 2.95. The first-order chi connectivity index (χ1) is 10.4. The van der Waals surface area contributed by atoms with Gasteiger partial charge in [-0.05, 0) is 25.0 Å². The highest BCUT2D eigenvalue weighted by molar-refractivity contribution is 5.83. The highest BCUT2D eigenvalue weighted by atomic mass is 19.3. The first-order valence-electron chi connectivity index (χ1n) is 6.89. The maximum absolute atomic E-state index is 12.2. The van der Waals surface area contributed by atoms with Crippen molar-refractivity contribution in [2.45, 2.75) is 38.7 Å². The molecule has 0 bridgehead atoms. The van der Waals surface area contributed by atoms with Crippen LogP contribution in [0.3, 0.4) is 0 Å². The molecule has 0 spiro atoms. The molecule has 0 saturated heterocycles. The van der Waals surface area contributed by atoms with Crippen molar-refractivity contribution in [1.82, 2.24) is 5.32 Å². The van der Waals surface area contributed by atoms with Crippen LogP contribution in [-0.2, 0) is 9.59 Å². The van der Waals surface area contributed by atoms with E-state index in [9.17, 15) is 18.4 Å². The number of halogens is 2. The van der Waals surface area contributed by atoms with Crippen molar-refractivity contribution in [1.29, 1.82) is 0 Å². The van der Waals surface area contributed by atoms with Crippen molar-refractivity contribution in [3.63, 3.8) is 0 Å². The number of hydrogen-bond acceptors (Lipinski definition) is 3. The van der Waals surface area contributed by atoms with Crippen molar-refractivity contribution in [3.05, 3.63) is 29.8 Å². The number of carboxylic acid groups (broad SMARTS) is 1. The van der Waals surface area contributed by atoms with Gasteiger partial charge in [-0.3, -0.25) is 4.79 Å². The van der Waals surface area contributed by atoms with Gasteiger partial charge in [-0.1, -0.05) is 18.2 Å². The second kappa shape index (κ2) is 8.96. The lowest BCUT2D eigenvalue weighted by atomic mass is 10.2. The molecule has 2 N–H and O–H groups in total. The van der Waals surface area contributed by atoms with Crippen molar-refractivity contribution in [2.75, 3.05) is 6.61 Å². The molecule has 1 unspecified atom stereocenters. The summed E-state index contributed by atoms with van der Waals surface area (Å²) in [6, 6.07) is 5.84. The molecule has 0 heterocycles. The van der Waals surface area contributed by atoms with Gasteiger partial charge in [0.25, 0.3) is 0 Å². The molecule has 7 heteroatoms. The van der Waals surface area contributed by atoms with Gasteiger partial charge >= 0.3 is 5.97 Å². The molecule has 1 rings (SSSR count). The van der Waals surface area contributed by atoms with Crippen LogP contribution < -0.4 is 10.1 Å². The Morgan fingerprint density at radius 1 is 1.32 bits per heavy atom. The number of aliphatic carboxylic acids is 1. The minimum atomic E-state index is -2.79. The molecule has 0 radical (unpaired) electrons. The lowest BCUT2D eigenvalue weighted by molar-refractivity contribution is -0.143. The van der Waals surface area contributed by atoms with Gasteiger partial charge in [0.15, 0.2) is 0 Å². The Bertz CT molecular complexity index is 508. The van der Waals surface area contributed by atoms with E-state index in [4.69, 9.17) is 9.84 Å². The van der Waals surface area contributed by atoms with E-state index in [0.29, 0.717) is 12.2 Å². The Hall–Kier alpha value is -2.18. The van der Waals surface area contributed by atoms with Crippen LogP contribution >= 0.6 is 0 Å². The van der Waals surface area contributed by atoms with E-state index in [0.717, 1.165) is 5.56 Å². The number of carbonyl (C=O) groups excluding carboxylic acids is 1. The summed E-state index contributed by atoms with van der Waals surface area (Å²) >= 11 is 0. The van der Waals surface area contributed by atoms with Crippen LogP contribution in [0.5, 0.6) is 5.75 Å². The molecule has 0 aliphatic rings. The Balaban J connectivity index is 2.30. The summed E-state index contributed by atoms with van der Waals surface area (Å²) in [6.45, 7) is 2.18. The van der Waals surface area contributed by atoms with E-state index < -0.39 is 30.8 Å². The van der Waals surface area contributed by atoms with E-state index in [1.807, 2.05) is 25.1 Å². The normalized spacial score (nSPS) is 12.0. The molecular formula is C15H19F2NO4. The molecule has 0 aliphatic carbocycles. The minimum Gasteiger partial charge on any atom is -0.493 e. The summed E-state index contributed by atoms with van der Waals surface area (Å²) in [5, 5.41) is 10.8. The number of rotatable bonds is 9. The third kappa shape index (κ3) is 6.51. The van der Waals surface area contributed by atoms with Gasteiger partial charge in [-0.15, -0.1) is 0 Å². The predicted octanol–water partition coefficient (Wildman–Crippen LogP) is 2.38. The topological polar surface area (TPSA) is 75.6 Å². The fraction of sp³-hybridized carbons (Fsp3) is 0.467. The Kier molecular flexibility index (Phi) is 7.28. The fourth-order valence-electron chi connectivity index (χ4n) is 1.80. The lowest BCUT2D eigenvalue weighted by Gasteiger charge is -2.14. The van der Waals surface area contributed by atoms with Crippen LogP contribution in [0.4, 0.5) is 8.78 Å². The second-order valence-electron chi connectivity index (χ2n) is 4.80. The summed E-state index contributed by atoms with van der Waals surface area (Å²) in [6.07, 6.45) is -3.31. The molecule has 0 aliphatic heterocycles. The summed E-state index contributed by atoms with van der Waals surface area (Å²) in [7, 11) is 0. The monoisotopic (exact) mass is 315 g/mol. The number of amides is 1. The SMILES string of the molecule is Cc1ccccc1OCCCC(=O)NC(CC(F)F)C(=O)O. The number of ether oxygens (including phenoxy) is 1. The molecule has 1 aromatic rings. The van der Waals surface area contributed by atoms with Crippen LogP contribution in [-0.4, -0.2) is 36.1 Å². The zero-order chi connectivity index (χ0) is 16.5. The van der Waals surface area contributed by atoms with Gasteiger partial charge in [0.1, 0.15) is 11.8 Å². The highest BCUT2D eigenvalue weighted by Crippen LogP contribution is 2.16. The van der Waals surface area contributed by atoms with Gasteiger partial charge in [0, 0.05) is 12.8 Å². The van der Waals surface area contributed by atoms with Crippen LogP contribution in [0.2, 0.25) is 0 Å². The molecule has 22 heavy (non-hydrogen) atoms. The highest BCUT2D eigenvalue weighted by Gasteiger charge is 2.23. The van der Waals surface area contributed by atoms with Gasteiger partial charge in [0.05, 0.1) is 6.61 Å². The standard InChI is InChI=1S/C15H19F2NO4/c1-10-5-2-3-6-12(10)22-8-4-7-14(19)18-11(15(20)21)9-13(16)17/h2-3,5-6,11,13H,4,7-9H2,1H3,(H,18,19)(H,20,21). The molecule has 0 saturated carbocycles. The number of carboxylic acids is 1. The van der Waals surface area contributed by atoms with E-state index in [1.165, 1.54) is 0 Å². The third-order valence-corrected chi connectivity index (χ3v) is 2.95. The smallest absolute Gasteiger partial charge is 0.326 e. The van der Waals surface area contributed by atoms with E-state index in [1.54, 1.807) is 6.07 Å². The first kappa shape index (κ1) is 17.9. The van der Waals surface area contributed by atoms with Crippen molar-refractivity contribution in [3.8, 4) is 5.75 Å². The summed E-state index contributed by atoms with van der Waals surface area (Å²) < 4.78 is 29.9. The molecule has 1 amide bonds. The molecular weight excluding hydrogens is 296 g/mol. The molecule has 1 aromatic carbocycles. The average Bonchev–Trinajstić information content (AvgIpc) is 2.44. The number of hydrogen-bond donors (Lipinski definition) is 2. The largest absolute Gasteiger partial charge is 0.493 e. The molecule has 0 fully saturated rings. The zero-order valence-corrected chi connectivity index (χ0v) is 12.2. The Morgan fingerprint density at radius 2 is 2.00 bits per heavy atom. The van der Waals surface area contributed by atoms with Crippen LogP contribution in [0, 0.1) is 6.92 Å². The summed E-state index contributed by atoms with van der Waals surface area (Å²) in [5.74, 6) is -1.34. The van der Waals surface area contributed by atoms with Crippen molar-refractivity contribution >= 4 is 11.9 Å². The number of aryl methyl sites for hydroxylation is 1. The predicted molar refractivity (Wildman–Crippen MR) is 76.1 cm³/mol. The molecule has 1 atom stereocenters. The Morgan fingerprint density at radius 3 is 2.59 bits per heavy atom. The summed E-state index contributed by atoms with van der Waals surface area (Å²) in [4.78, 5) is 22.3. The number of para-hydroxylation sites is 1. The second-order valence-corrected chi connectivity index (χ2v) is 4.80. The molecule has 122 valence electrons. The van der Waals surface area contributed by atoms with E-state index >= 15 is 0 Å². The summed E-state index contributed by atoms with van der Waals surface area (Å²) in [5.41, 5.74) is 0.967. The number of nitrogens with one attached hydrogen (secondary N) is 1. The quantitative estimate of drug-likeness (QED) is 0.686. The minimum absolute atomic E-state index is 0.0128. The zero-order valence-electron chi connectivity index (χ0n) is 12.2. The van der Waals surface area contributed by atoms with Gasteiger partial charge in [-0.25, -0.2) is 13.6 Å². The fourth-order valence-corrected chi connectivity index (χ4v) is 1.80. The molecule has 0 aromatic heterocycles. The molecule has 5 nitrogen and oxygen atoms in total.